The number of rotatable bonds is 5. The van der Waals surface area contributed by atoms with Crippen molar-refractivity contribution in [1.29, 1.82) is 0 Å². The molecular formula is C13H21IN6. The molecule has 0 saturated carbocycles. The van der Waals surface area contributed by atoms with Gasteiger partial charge in [0.2, 0.25) is 0 Å². The van der Waals surface area contributed by atoms with E-state index in [-0.39, 0.29) is 24.0 Å². The summed E-state index contributed by atoms with van der Waals surface area (Å²) in [6.07, 6.45) is 4.26. The number of aliphatic imine (C=N–C) groups is 1. The van der Waals surface area contributed by atoms with Crippen LogP contribution in [0.3, 0.4) is 0 Å². The van der Waals surface area contributed by atoms with Gasteiger partial charge >= 0.3 is 0 Å². The predicted octanol–water partition coefficient (Wildman–Crippen LogP) is 1.81. The van der Waals surface area contributed by atoms with E-state index in [0.717, 1.165) is 30.4 Å². The van der Waals surface area contributed by atoms with Crippen LogP contribution in [0.4, 0.5) is 0 Å². The Labute approximate surface area is 136 Å². The second-order valence-corrected chi connectivity index (χ2v) is 4.25. The first-order chi connectivity index (χ1) is 9.35. The van der Waals surface area contributed by atoms with Gasteiger partial charge in [0.15, 0.2) is 17.4 Å². The first kappa shape index (κ1) is 16.7. The van der Waals surface area contributed by atoms with Crippen molar-refractivity contribution in [3.8, 4) is 0 Å². The van der Waals surface area contributed by atoms with Crippen LogP contribution in [0.25, 0.3) is 5.65 Å². The summed E-state index contributed by atoms with van der Waals surface area (Å²) in [5.41, 5.74) is 0.855. The molecule has 2 rings (SSSR count). The zero-order chi connectivity index (χ0) is 13.5. The number of aromatic nitrogens is 3. The summed E-state index contributed by atoms with van der Waals surface area (Å²) in [6.45, 7) is 3.69. The molecule has 110 valence electrons. The van der Waals surface area contributed by atoms with E-state index in [4.69, 9.17) is 0 Å². The lowest BCUT2D eigenvalue weighted by atomic mass is 10.3. The van der Waals surface area contributed by atoms with Crippen molar-refractivity contribution in [3.05, 3.63) is 30.2 Å². The van der Waals surface area contributed by atoms with E-state index in [1.54, 1.807) is 7.05 Å². The van der Waals surface area contributed by atoms with E-state index < -0.39 is 0 Å². The third-order valence-corrected chi connectivity index (χ3v) is 2.84. The molecule has 0 aliphatic heterocycles. The Morgan fingerprint density at radius 1 is 1.30 bits per heavy atom. The molecule has 2 heterocycles. The Morgan fingerprint density at radius 2 is 2.15 bits per heavy atom. The number of guanidine groups is 1. The first-order valence-electron chi connectivity index (χ1n) is 6.58. The Bertz CT molecular complexity index is 551. The average Bonchev–Trinajstić information content (AvgIpc) is 2.86. The Balaban J connectivity index is 0.00000200. The zero-order valence-corrected chi connectivity index (χ0v) is 14.2. The van der Waals surface area contributed by atoms with Crippen molar-refractivity contribution in [1.82, 2.24) is 25.2 Å². The fourth-order valence-corrected chi connectivity index (χ4v) is 1.78. The molecule has 0 spiro atoms. The SMILES string of the molecule is CCCCNC(=NC)NCc1nnc2ccccn12.I. The molecule has 0 fully saturated rings. The highest BCUT2D eigenvalue weighted by Gasteiger charge is 2.05. The number of nitrogens with zero attached hydrogens (tertiary/aromatic N) is 4. The molecule has 0 bridgehead atoms. The molecule has 0 aliphatic carbocycles. The van der Waals surface area contributed by atoms with Crippen molar-refractivity contribution in [2.24, 2.45) is 4.99 Å². The number of fused-ring (bicyclic) bond motifs is 1. The molecule has 2 aromatic rings. The van der Waals surface area contributed by atoms with Crippen molar-refractivity contribution in [2.45, 2.75) is 26.3 Å². The van der Waals surface area contributed by atoms with Gasteiger partial charge in [-0.25, -0.2) is 0 Å². The van der Waals surface area contributed by atoms with Gasteiger partial charge in [0.05, 0.1) is 6.54 Å². The van der Waals surface area contributed by atoms with Crippen molar-refractivity contribution >= 4 is 35.6 Å². The molecule has 7 heteroatoms. The average molecular weight is 388 g/mol. The van der Waals surface area contributed by atoms with Crippen molar-refractivity contribution in [2.75, 3.05) is 13.6 Å². The van der Waals surface area contributed by atoms with E-state index in [0.29, 0.717) is 6.54 Å². The van der Waals surface area contributed by atoms with Crippen LogP contribution in [-0.2, 0) is 6.54 Å². The number of unbranched alkanes of at least 4 members (excludes halogenated alkanes) is 1. The maximum Gasteiger partial charge on any atom is 0.191 e. The van der Waals surface area contributed by atoms with Gasteiger partial charge in [0, 0.05) is 19.8 Å². The summed E-state index contributed by atoms with van der Waals surface area (Å²) in [7, 11) is 1.77. The maximum absolute atomic E-state index is 4.18. The largest absolute Gasteiger partial charge is 0.356 e. The maximum atomic E-state index is 4.18. The van der Waals surface area contributed by atoms with Crippen molar-refractivity contribution < 1.29 is 0 Å². The Morgan fingerprint density at radius 3 is 2.90 bits per heavy atom. The second-order valence-electron chi connectivity index (χ2n) is 4.25. The summed E-state index contributed by atoms with van der Waals surface area (Å²) in [6, 6.07) is 5.85. The molecule has 2 aromatic heterocycles. The standard InChI is InChI=1S/C13H20N6.HI/c1-3-4-8-15-13(14-2)16-10-12-18-17-11-7-5-6-9-19(11)12;/h5-7,9H,3-4,8,10H2,1-2H3,(H2,14,15,16);1H. The van der Waals surface area contributed by atoms with Gasteiger partial charge in [-0.05, 0) is 18.6 Å². The zero-order valence-electron chi connectivity index (χ0n) is 11.8. The third kappa shape index (κ3) is 4.32. The molecule has 0 aliphatic rings. The lowest BCUT2D eigenvalue weighted by Gasteiger charge is -2.10. The summed E-state index contributed by atoms with van der Waals surface area (Å²) in [5, 5.41) is 14.8. The molecule has 2 N–H and O–H groups in total. The van der Waals surface area contributed by atoms with Crippen LogP contribution in [0, 0.1) is 0 Å². The van der Waals surface area contributed by atoms with Gasteiger partial charge in [-0.15, -0.1) is 34.2 Å². The van der Waals surface area contributed by atoms with Crippen molar-refractivity contribution in [3.63, 3.8) is 0 Å². The molecule has 0 amide bonds. The molecule has 20 heavy (non-hydrogen) atoms. The van der Waals surface area contributed by atoms with E-state index in [9.17, 15) is 0 Å². The van der Waals surface area contributed by atoms with Crippen LogP contribution >= 0.6 is 24.0 Å². The lowest BCUT2D eigenvalue weighted by molar-refractivity contribution is 0.717. The van der Waals surface area contributed by atoms with Crippen LogP contribution in [0.1, 0.15) is 25.6 Å². The van der Waals surface area contributed by atoms with E-state index in [2.05, 4.69) is 32.7 Å². The quantitative estimate of drug-likeness (QED) is 0.355. The third-order valence-electron chi connectivity index (χ3n) is 2.84. The fraction of sp³-hybridized carbons (Fsp3) is 0.462. The molecule has 0 atom stereocenters. The number of hydrogen-bond donors (Lipinski definition) is 2. The highest BCUT2D eigenvalue weighted by molar-refractivity contribution is 14.0. The van der Waals surface area contributed by atoms with Gasteiger partial charge in [0.1, 0.15) is 0 Å². The molecular weight excluding hydrogens is 367 g/mol. The summed E-state index contributed by atoms with van der Waals surface area (Å²) in [4.78, 5) is 4.18. The minimum absolute atomic E-state index is 0. The van der Waals surface area contributed by atoms with Crippen LogP contribution in [0.5, 0.6) is 0 Å². The van der Waals surface area contributed by atoms with Crippen LogP contribution in [0.15, 0.2) is 29.4 Å². The molecule has 6 nitrogen and oxygen atoms in total. The number of pyridine rings is 1. The lowest BCUT2D eigenvalue weighted by Crippen LogP contribution is -2.37. The minimum Gasteiger partial charge on any atom is -0.356 e. The van der Waals surface area contributed by atoms with Crippen LogP contribution in [0.2, 0.25) is 0 Å². The summed E-state index contributed by atoms with van der Waals surface area (Å²) < 4.78 is 1.96. The number of hydrogen-bond acceptors (Lipinski definition) is 3. The molecule has 0 radical (unpaired) electrons. The smallest absolute Gasteiger partial charge is 0.191 e. The van der Waals surface area contributed by atoms with Gasteiger partial charge in [-0.3, -0.25) is 9.39 Å². The van der Waals surface area contributed by atoms with Crippen LogP contribution < -0.4 is 10.6 Å². The second kappa shape index (κ2) is 8.72. The highest BCUT2D eigenvalue weighted by atomic mass is 127. The van der Waals surface area contributed by atoms with E-state index in [1.807, 2.05) is 28.8 Å². The summed E-state index contributed by atoms with van der Waals surface area (Å²) in [5.74, 6) is 1.66. The summed E-state index contributed by atoms with van der Waals surface area (Å²) >= 11 is 0. The normalized spacial score (nSPS) is 11.2. The molecule has 0 aromatic carbocycles. The molecule has 0 saturated heterocycles. The van der Waals surface area contributed by atoms with Crippen LogP contribution in [-0.4, -0.2) is 34.2 Å². The Hall–Kier alpha value is -1.38. The van der Waals surface area contributed by atoms with E-state index in [1.165, 1.54) is 6.42 Å². The number of nitrogens with one attached hydrogen (secondary N) is 2. The van der Waals surface area contributed by atoms with Gasteiger partial charge in [-0.2, -0.15) is 0 Å². The molecule has 0 unspecified atom stereocenters. The number of halogens is 1. The first-order valence-corrected chi connectivity index (χ1v) is 6.58. The fourth-order valence-electron chi connectivity index (χ4n) is 1.78. The van der Waals surface area contributed by atoms with E-state index >= 15 is 0 Å². The monoisotopic (exact) mass is 388 g/mol. The van der Waals surface area contributed by atoms with Gasteiger partial charge < -0.3 is 10.6 Å². The predicted molar refractivity (Wildman–Crippen MR) is 91.5 cm³/mol. The van der Waals surface area contributed by atoms with Gasteiger partial charge in [-0.1, -0.05) is 19.4 Å². The topological polar surface area (TPSA) is 66.6 Å². The highest BCUT2D eigenvalue weighted by Crippen LogP contribution is 2.02. The Kier molecular flexibility index (Phi) is 7.27. The van der Waals surface area contributed by atoms with Gasteiger partial charge in [0.25, 0.3) is 0 Å². The minimum atomic E-state index is 0.